The van der Waals surface area contributed by atoms with Crippen LogP contribution >= 0.6 is 0 Å². The largest absolute Gasteiger partial charge is 0.378 e. The Bertz CT molecular complexity index is 840. The fourth-order valence-corrected chi connectivity index (χ4v) is 3.81. The molecule has 0 aliphatic carbocycles. The average molecular weight is 380 g/mol. The van der Waals surface area contributed by atoms with E-state index in [1.807, 2.05) is 12.1 Å². The molecular formula is C21H29N7. The first-order chi connectivity index (χ1) is 13.5. The van der Waals surface area contributed by atoms with Crippen molar-refractivity contribution in [2.24, 2.45) is 10.2 Å². The molecule has 2 aliphatic rings. The van der Waals surface area contributed by atoms with Gasteiger partial charge in [0.25, 0.3) is 0 Å². The maximum atomic E-state index is 4.63. The normalized spacial score (nSPS) is 19.4. The minimum absolute atomic E-state index is 0.139. The second-order valence-corrected chi connectivity index (χ2v) is 7.60. The quantitative estimate of drug-likeness (QED) is 0.827. The van der Waals surface area contributed by atoms with Crippen LogP contribution in [0.5, 0.6) is 0 Å². The molecule has 0 spiro atoms. The summed E-state index contributed by atoms with van der Waals surface area (Å²) in [5.41, 5.74) is 5.66. The third-order valence-corrected chi connectivity index (χ3v) is 5.54. The summed E-state index contributed by atoms with van der Waals surface area (Å²) < 4.78 is 0. The maximum Gasteiger partial charge on any atom is 0.218 e. The Hall–Kier alpha value is -2.80. The van der Waals surface area contributed by atoms with Gasteiger partial charge >= 0.3 is 0 Å². The number of nitrogens with zero attached hydrogens (tertiary/aromatic N) is 6. The van der Waals surface area contributed by atoms with E-state index in [2.05, 4.69) is 93.7 Å². The Morgan fingerprint density at radius 2 is 1.61 bits per heavy atom. The summed E-state index contributed by atoms with van der Waals surface area (Å²) in [6.07, 6.45) is -0.139. The summed E-state index contributed by atoms with van der Waals surface area (Å²) in [5.74, 6) is 0. The molecule has 1 N–H and O–H groups in total. The minimum atomic E-state index is -0.139. The van der Waals surface area contributed by atoms with Crippen LogP contribution in [0.3, 0.4) is 0 Å². The van der Waals surface area contributed by atoms with Crippen molar-refractivity contribution < 1.29 is 0 Å². The molecule has 0 radical (unpaired) electrons. The summed E-state index contributed by atoms with van der Waals surface area (Å²) in [7, 11) is 8.25. The third kappa shape index (κ3) is 3.49. The van der Waals surface area contributed by atoms with Crippen LogP contribution in [0.4, 0.5) is 28.4 Å². The molecule has 1 unspecified atom stereocenters. The van der Waals surface area contributed by atoms with Gasteiger partial charge in [0.05, 0.1) is 17.1 Å². The lowest BCUT2D eigenvalue weighted by Gasteiger charge is -2.29. The standard InChI is InChI=1S/C21H29N7/c1-25(2)18-9-10-19-20(15-18)27(4)21(26(19)3)24-23-16-5-7-17(8-6-16)28-13-11-22-12-14-28/h5-10,15,21-22H,11-14H2,1-4H3. The van der Waals surface area contributed by atoms with E-state index in [1.54, 1.807) is 0 Å². The molecule has 1 atom stereocenters. The van der Waals surface area contributed by atoms with E-state index in [-0.39, 0.29) is 6.29 Å². The van der Waals surface area contributed by atoms with Crippen LogP contribution in [-0.2, 0) is 0 Å². The Balaban J connectivity index is 1.48. The van der Waals surface area contributed by atoms with E-state index in [0.717, 1.165) is 31.9 Å². The van der Waals surface area contributed by atoms with Crippen LogP contribution in [0, 0.1) is 0 Å². The van der Waals surface area contributed by atoms with Gasteiger partial charge in [-0.25, -0.2) is 0 Å². The van der Waals surface area contributed by atoms with Crippen molar-refractivity contribution in [1.82, 2.24) is 5.32 Å². The summed E-state index contributed by atoms with van der Waals surface area (Å²) in [4.78, 5) is 8.84. The van der Waals surface area contributed by atoms with Gasteiger partial charge < -0.3 is 24.9 Å². The molecular weight excluding hydrogens is 350 g/mol. The fourth-order valence-electron chi connectivity index (χ4n) is 3.81. The first-order valence-corrected chi connectivity index (χ1v) is 9.78. The van der Waals surface area contributed by atoms with Gasteiger partial charge in [0.1, 0.15) is 0 Å². The smallest absolute Gasteiger partial charge is 0.218 e. The first kappa shape index (κ1) is 18.6. The molecule has 2 aliphatic heterocycles. The molecule has 2 heterocycles. The highest BCUT2D eigenvalue weighted by Gasteiger charge is 2.31. The van der Waals surface area contributed by atoms with Crippen LogP contribution in [0.2, 0.25) is 0 Å². The van der Waals surface area contributed by atoms with E-state index in [9.17, 15) is 0 Å². The van der Waals surface area contributed by atoms with E-state index in [0.29, 0.717) is 0 Å². The molecule has 0 saturated carbocycles. The molecule has 1 saturated heterocycles. The first-order valence-electron chi connectivity index (χ1n) is 9.78. The van der Waals surface area contributed by atoms with E-state index < -0.39 is 0 Å². The molecule has 7 heteroatoms. The number of hydrogen-bond acceptors (Lipinski definition) is 7. The highest BCUT2D eigenvalue weighted by atomic mass is 15.5. The second-order valence-electron chi connectivity index (χ2n) is 7.60. The van der Waals surface area contributed by atoms with Crippen molar-refractivity contribution in [3.05, 3.63) is 42.5 Å². The highest BCUT2D eigenvalue weighted by molar-refractivity contribution is 5.80. The van der Waals surface area contributed by atoms with Crippen molar-refractivity contribution >= 4 is 28.4 Å². The van der Waals surface area contributed by atoms with Crippen LogP contribution in [-0.4, -0.2) is 60.7 Å². The molecule has 0 amide bonds. The molecule has 4 rings (SSSR count). The highest BCUT2D eigenvalue weighted by Crippen LogP contribution is 2.40. The number of piperazine rings is 1. The number of fused-ring (bicyclic) bond motifs is 1. The monoisotopic (exact) mass is 379 g/mol. The second kappa shape index (κ2) is 7.67. The lowest BCUT2D eigenvalue weighted by atomic mass is 10.2. The van der Waals surface area contributed by atoms with Crippen LogP contribution in [0.15, 0.2) is 52.7 Å². The molecule has 1 fully saturated rings. The maximum absolute atomic E-state index is 4.63. The Labute approximate surface area is 167 Å². The Morgan fingerprint density at radius 3 is 2.29 bits per heavy atom. The van der Waals surface area contributed by atoms with E-state index in [1.165, 1.54) is 22.7 Å². The average Bonchev–Trinajstić information content (AvgIpc) is 2.97. The number of nitrogens with one attached hydrogen (secondary N) is 1. The zero-order valence-electron chi connectivity index (χ0n) is 17.1. The third-order valence-electron chi connectivity index (χ3n) is 5.54. The summed E-state index contributed by atoms with van der Waals surface area (Å²) >= 11 is 0. The summed E-state index contributed by atoms with van der Waals surface area (Å²) in [6, 6.07) is 14.9. The predicted molar refractivity (Wildman–Crippen MR) is 117 cm³/mol. The number of azo groups is 1. The van der Waals surface area contributed by atoms with Crippen molar-refractivity contribution in [2.45, 2.75) is 6.29 Å². The number of anilines is 4. The molecule has 0 bridgehead atoms. The number of hydrogen-bond donors (Lipinski definition) is 1. The van der Waals surface area contributed by atoms with Crippen LogP contribution in [0.25, 0.3) is 0 Å². The molecule has 2 aromatic rings. The topological polar surface area (TPSA) is 49.7 Å². The molecule has 28 heavy (non-hydrogen) atoms. The number of benzene rings is 2. The molecule has 2 aromatic carbocycles. The van der Waals surface area contributed by atoms with Crippen molar-refractivity contribution in [2.75, 3.05) is 74.0 Å². The number of rotatable bonds is 4. The van der Waals surface area contributed by atoms with Gasteiger partial charge in [0.2, 0.25) is 6.29 Å². The van der Waals surface area contributed by atoms with Crippen molar-refractivity contribution in [3.63, 3.8) is 0 Å². The van der Waals surface area contributed by atoms with Crippen molar-refractivity contribution in [3.8, 4) is 0 Å². The van der Waals surface area contributed by atoms with Crippen molar-refractivity contribution in [1.29, 1.82) is 0 Å². The van der Waals surface area contributed by atoms with Gasteiger partial charge in [0.15, 0.2) is 0 Å². The van der Waals surface area contributed by atoms with Gasteiger partial charge in [-0.2, -0.15) is 5.11 Å². The van der Waals surface area contributed by atoms with E-state index in [4.69, 9.17) is 0 Å². The predicted octanol–water partition coefficient (Wildman–Crippen LogP) is 3.12. The van der Waals surface area contributed by atoms with Gasteiger partial charge in [0, 0.05) is 65.7 Å². The van der Waals surface area contributed by atoms with Crippen LogP contribution < -0.4 is 24.9 Å². The minimum Gasteiger partial charge on any atom is -0.378 e. The Kier molecular flexibility index (Phi) is 5.09. The zero-order chi connectivity index (χ0) is 19.7. The van der Waals surface area contributed by atoms with Gasteiger partial charge in [-0.15, -0.1) is 5.11 Å². The molecule has 0 aromatic heterocycles. The van der Waals surface area contributed by atoms with E-state index >= 15 is 0 Å². The van der Waals surface area contributed by atoms with Gasteiger partial charge in [-0.1, -0.05) is 0 Å². The Morgan fingerprint density at radius 1 is 0.929 bits per heavy atom. The van der Waals surface area contributed by atoms with Gasteiger partial charge in [-0.05, 0) is 42.5 Å². The summed E-state index contributed by atoms with van der Waals surface area (Å²) in [5, 5.41) is 12.5. The molecule has 148 valence electrons. The van der Waals surface area contributed by atoms with Crippen LogP contribution in [0.1, 0.15) is 0 Å². The van der Waals surface area contributed by atoms with Gasteiger partial charge in [-0.3, -0.25) is 0 Å². The lowest BCUT2D eigenvalue weighted by molar-refractivity contribution is 0.589. The zero-order valence-corrected chi connectivity index (χ0v) is 17.1. The molecule has 7 nitrogen and oxygen atoms in total. The SMILES string of the molecule is CN(C)c1ccc2c(c1)N(C)C(N=Nc1ccc(N3CCNCC3)cc1)N2C. The fraction of sp³-hybridized carbons (Fsp3) is 0.429. The lowest BCUT2D eigenvalue weighted by Crippen LogP contribution is -2.43. The summed E-state index contributed by atoms with van der Waals surface area (Å²) in [6.45, 7) is 4.17.